The average molecular weight is 452 g/mol. The van der Waals surface area contributed by atoms with E-state index in [1.54, 1.807) is 12.1 Å². The molecule has 2 aromatic rings. The van der Waals surface area contributed by atoms with E-state index in [-0.39, 0.29) is 33.4 Å². The summed E-state index contributed by atoms with van der Waals surface area (Å²) in [7, 11) is -3.71. The molecule has 2 heterocycles. The highest BCUT2D eigenvalue weighted by Gasteiger charge is 2.28. The number of nitrogens with zero attached hydrogens (tertiary/aromatic N) is 2. The van der Waals surface area contributed by atoms with Crippen LogP contribution in [0.3, 0.4) is 0 Å². The Hall–Kier alpha value is -1.93. The molecular weight excluding hydrogens is 433 g/mol. The summed E-state index contributed by atoms with van der Waals surface area (Å²) >= 11 is 11.9. The number of benzene rings is 1. The van der Waals surface area contributed by atoms with Gasteiger partial charge in [-0.3, -0.25) is 4.79 Å². The minimum Gasteiger partial charge on any atom is -0.348 e. The van der Waals surface area contributed by atoms with Crippen LogP contribution in [0, 0.1) is 0 Å². The summed E-state index contributed by atoms with van der Waals surface area (Å²) in [6.07, 6.45) is 4.35. The van der Waals surface area contributed by atoms with Crippen LogP contribution in [0.25, 0.3) is 5.57 Å². The Bertz CT molecular complexity index is 1080. The normalized spacial score (nSPS) is 17.7. The smallest absolute Gasteiger partial charge is 0.270 e. The molecule has 6 nitrogen and oxygen atoms in total. The Morgan fingerprint density at radius 1 is 1.14 bits per heavy atom. The molecule has 0 unspecified atom stereocenters. The van der Waals surface area contributed by atoms with Gasteiger partial charge >= 0.3 is 0 Å². The monoisotopic (exact) mass is 451 g/mol. The molecule has 2 aliphatic rings. The predicted molar refractivity (Wildman–Crippen MR) is 113 cm³/mol. The molecule has 0 spiro atoms. The fourth-order valence-corrected chi connectivity index (χ4v) is 5.26. The molecule has 1 aliphatic carbocycles. The lowest BCUT2D eigenvalue weighted by Gasteiger charge is -2.26. The highest BCUT2D eigenvalue weighted by molar-refractivity contribution is 7.89. The van der Waals surface area contributed by atoms with Gasteiger partial charge in [-0.05, 0) is 55.2 Å². The van der Waals surface area contributed by atoms with Crippen LogP contribution in [-0.2, 0) is 10.0 Å². The van der Waals surface area contributed by atoms with Gasteiger partial charge in [0.05, 0.1) is 10.6 Å². The first-order chi connectivity index (χ1) is 13.8. The molecule has 1 aliphatic heterocycles. The summed E-state index contributed by atoms with van der Waals surface area (Å²) in [6.45, 7) is 0.514. The van der Waals surface area contributed by atoms with E-state index >= 15 is 0 Å². The predicted octanol–water partition coefficient (Wildman–Crippen LogP) is 3.76. The van der Waals surface area contributed by atoms with Crippen molar-refractivity contribution in [1.82, 2.24) is 14.6 Å². The van der Waals surface area contributed by atoms with E-state index in [1.165, 1.54) is 22.5 Å². The van der Waals surface area contributed by atoms with Crippen LogP contribution in [0.4, 0.5) is 0 Å². The van der Waals surface area contributed by atoms with Crippen LogP contribution in [0.5, 0.6) is 0 Å². The SMILES string of the molecule is O=C(NC1CC1)c1cccc(C2=CCN(S(=O)(=O)c3cc(Cl)cc(Cl)c3)CC2)n1. The number of sulfonamides is 1. The van der Waals surface area contributed by atoms with Crippen molar-refractivity contribution in [2.45, 2.75) is 30.2 Å². The maximum atomic E-state index is 12.9. The van der Waals surface area contributed by atoms with Crippen LogP contribution in [-0.4, -0.2) is 42.7 Å². The molecule has 29 heavy (non-hydrogen) atoms. The molecule has 4 rings (SSSR count). The zero-order valence-electron chi connectivity index (χ0n) is 15.4. The summed E-state index contributed by atoms with van der Waals surface area (Å²) in [6, 6.07) is 9.86. The summed E-state index contributed by atoms with van der Waals surface area (Å²) in [5.74, 6) is -0.173. The van der Waals surface area contributed by atoms with E-state index < -0.39 is 10.0 Å². The summed E-state index contributed by atoms with van der Waals surface area (Å²) < 4.78 is 27.2. The molecule has 0 radical (unpaired) electrons. The molecule has 1 fully saturated rings. The second-order valence-electron chi connectivity index (χ2n) is 7.10. The van der Waals surface area contributed by atoms with E-state index in [9.17, 15) is 13.2 Å². The minimum absolute atomic E-state index is 0.0729. The summed E-state index contributed by atoms with van der Waals surface area (Å²) in [5.41, 5.74) is 1.98. The Morgan fingerprint density at radius 3 is 2.48 bits per heavy atom. The van der Waals surface area contributed by atoms with Gasteiger partial charge in [-0.15, -0.1) is 0 Å². The Morgan fingerprint density at radius 2 is 1.86 bits per heavy atom. The third-order valence-corrected chi connectivity index (χ3v) is 7.15. The fraction of sp³-hybridized carbons (Fsp3) is 0.300. The number of amides is 1. The zero-order valence-corrected chi connectivity index (χ0v) is 17.8. The van der Waals surface area contributed by atoms with Crippen molar-refractivity contribution >= 4 is 44.7 Å². The number of hydrogen-bond donors (Lipinski definition) is 1. The molecule has 1 saturated carbocycles. The third kappa shape index (κ3) is 4.64. The van der Waals surface area contributed by atoms with E-state index in [4.69, 9.17) is 23.2 Å². The van der Waals surface area contributed by atoms with Gasteiger partial charge in [0.2, 0.25) is 10.0 Å². The van der Waals surface area contributed by atoms with E-state index in [1.807, 2.05) is 12.1 Å². The van der Waals surface area contributed by atoms with Gasteiger partial charge in [0.25, 0.3) is 5.91 Å². The first-order valence-electron chi connectivity index (χ1n) is 9.26. The molecule has 9 heteroatoms. The summed E-state index contributed by atoms with van der Waals surface area (Å²) in [5, 5.41) is 3.47. The molecule has 1 aromatic carbocycles. The average Bonchev–Trinajstić information content (AvgIpc) is 3.51. The Labute approximate surface area is 179 Å². The van der Waals surface area contributed by atoms with Crippen molar-refractivity contribution in [2.75, 3.05) is 13.1 Å². The van der Waals surface area contributed by atoms with E-state index in [2.05, 4.69) is 10.3 Å². The maximum absolute atomic E-state index is 12.9. The number of aromatic nitrogens is 1. The Balaban J connectivity index is 1.51. The molecule has 0 atom stereocenters. The van der Waals surface area contributed by atoms with Gasteiger partial charge in [0.1, 0.15) is 5.69 Å². The first-order valence-corrected chi connectivity index (χ1v) is 11.5. The van der Waals surface area contributed by atoms with Crippen molar-refractivity contribution in [3.05, 3.63) is 63.9 Å². The van der Waals surface area contributed by atoms with Crippen LogP contribution in [0.15, 0.2) is 47.4 Å². The van der Waals surface area contributed by atoms with E-state index in [0.29, 0.717) is 24.4 Å². The molecule has 1 amide bonds. The van der Waals surface area contributed by atoms with Crippen LogP contribution in [0.1, 0.15) is 35.4 Å². The largest absolute Gasteiger partial charge is 0.348 e. The van der Waals surface area contributed by atoms with Gasteiger partial charge in [-0.25, -0.2) is 13.4 Å². The highest BCUT2D eigenvalue weighted by atomic mass is 35.5. The fourth-order valence-electron chi connectivity index (χ4n) is 3.16. The van der Waals surface area contributed by atoms with Crippen molar-refractivity contribution in [1.29, 1.82) is 0 Å². The quantitative estimate of drug-likeness (QED) is 0.750. The van der Waals surface area contributed by atoms with Gasteiger partial charge < -0.3 is 5.32 Å². The van der Waals surface area contributed by atoms with Gasteiger partial charge in [0.15, 0.2) is 0 Å². The van der Waals surface area contributed by atoms with Crippen molar-refractivity contribution in [3.63, 3.8) is 0 Å². The second kappa shape index (κ2) is 8.07. The lowest BCUT2D eigenvalue weighted by Crippen LogP contribution is -2.34. The van der Waals surface area contributed by atoms with Crippen molar-refractivity contribution in [3.8, 4) is 0 Å². The minimum atomic E-state index is -3.71. The number of halogens is 2. The lowest BCUT2D eigenvalue weighted by molar-refractivity contribution is 0.0946. The van der Waals surface area contributed by atoms with Crippen molar-refractivity contribution in [2.24, 2.45) is 0 Å². The molecule has 1 N–H and O–H groups in total. The zero-order chi connectivity index (χ0) is 20.6. The molecule has 1 aromatic heterocycles. The van der Waals surface area contributed by atoms with Crippen LogP contribution in [0.2, 0.25) is 10.0 Å². The van der Waals surface area contributed by atoms with Gasteiger partial charge in [-0.1, -0.05) is 35.3 Å². The summed E-state index contributed by atoms with van der Waals surface area (Å²) in [4.78, 5) is 16.8. The number of hydrogen-bond acceptors (Lipinski definition) is 4. The lowest BCUT2D eigenvalue weighted by atomic mass is 10.1. The topological polar surface area (TPSA) is 79.4 Å². The van der Waals surface area contributed by atoms with Gasteiger partial charge in [0, 0.05) is 29.2 Å². The number of rotatable bonds is 5. The number of carbonyl (C=O) groups excluding carboxylic acids is 1. The van der Waals surface area contributed by atoms with E-state index in [0.717, 1.165) is 18.4 Å². The number of carbonyl (C=O) groups is 1. The molecule has 0 saturated heterocycles. The molecular formula is C20H19Cl2N3O3S. The molecule has 0 bridgehead atoms. The maximum Gasteiger partial charge on any atom is 0.270 e. The first kappa shape index (κ1) is 20.3. The molecule has 152 valence electrons. The Kier molecular flexibility index (Phi) is 5.66. The second-order valence-corrected chi connectivity index (χ2v) is 9.91. The van der Waals surface area contributed by atoms with Crippen molar-refractivity contribution < 1.29 is 13.2 Å². The van der Waals surface area contributed by atoms with Gasteiger partial charge in [-0.2, -0.15) is 4.31 Å². The standard InChI is InChI=1S/C20H19Cl2N3O3S/c21-14-10-15(22)12-17(11-14)29(27,28)25-8-6-13(7-9-25)18-2-1-3-19(24-18)20(26)23-16-4-5-16/h1-3,6,10-12,16H,4-5,7-9H2,(H,23,26). The highest BCUT2D eigenvalue weighted by Crippen LogP contribution is 2.28. The van der Waals surface area contributed by atoms with Crippen LogP contribution >= 0.6 is 23.2 Å². The van der Waals surface area contributed by atoms with Crippen LogP contribution < -0.4 is 5.32 Å². The number of pyridine rings is 1. The number of nitrogens with one attached hydrogen (secondary N) is 1. The third-order valence-electron chi connectivity index (χ3n) is 4.87.